The number of hydrogen-bond donors (Lipinski definition) is 1. The number of ether oxygens (including phenoxy) is 1. The van der Waals surface area contributed by atoms with E-state index < -0.39 is 0 Å². The van der Waals surface area contributed by atoms with Gasteiger partial charge in [0.2, 0.25) is 5.69 Å². The molecule has 0 aliphatic heterocycles. The summed E-state index contributed by atoms with van der Waals surface area (Å²) in [6.07, 6.45) is 3.87. The molecule has 0 aliphatic rings. The van der Waals surface area contributed by atoms with Crippen LogP contribution in [0, 0.1) is 13.8 Å². The topological polar surface area (TPSA) is 41.1 Å². The maximum atomic E-state index is 8.70. The fourth-order valence-corrected chi connectivity index (χ4v) is 2.36. The van der Waals surface area contributed by atoms with Gasteiger partial charge in [-0.05, 0) is 19.1 Å². The molecular formula is C23H34N3O2+3. The highest BCUT2D eigenvalue weighted by atomic mass is 16.5. The van der Waals surface area contributed by atoms with Crippen LogP contribution in [0.5, 0.6) is 5.88 Å². The van der Waals surface area contributed by atoms with Crippen molar-refractivity contribution in [3.05, 3.63) is 84.1 Å². The van der Waals surface area contributed by atoms with Crippen molar-refractivity contribution in [2.75, 3.05) is 6.61 Å². The highest BCUT2D eigenvalue weighted by Gasteiger charge is 2.02. The Morgan fingerprint density at radius 1 is 0.786 bits per heavy atom. The second-order valence-corrected chi connectivity index (χ2v) is 6.41. The number of pyridine rings is 3. The van der Waals surface area contributed by atoms with E-state index in [1.807, 2.05) is 78.9 Å². The summed E-state index contributed by atoms with van der Waals surface area (Å²) in [6.45, 7) is 7.02. The zero-order valence-electron chi connectivity index (χ0n) is 18.0. The Hall–Kier alpha value is -2.79. The van der Waals surface area contributed by atoms with Gasteiger partial charge in [0.05, 0.1) is 12.7 Å². The number of hydrogen-bond acceptors (Lipinski definition) is 2. The summed E-state index contributed by atoms with van der Waals surface area (Å²) >= 11 is 0. The van der Waals surface area contributed by atoms with Crippen LogP contribution in [-0.4, -0.2) is 11.7 Å². The molecule has 150 valence electrons. The van der Waals surface area contributed by atoms with Gasteiger partial charge in [0.25, 0.3) is 0 Å². The molecule has 0 saturated heterocycles. The van der Waals surface area contributed by atoms with E-state index in [0.717, 1.165) is 18.2 Å². The lowest BCUT2D eigenvalue weighted by atomic mass is 10.3. The summed E-state index contributed by atoms with van der Waals surface area (Å²) in [7, 11) is 5.95. The Labute approximate surface area is 169 Å². The van der Waals surface area contributed by atoms with E-state index >= 15 is 0 Å². The van der Waals surface area contributed by atoms with Gasteiger partial charge in [0, 0.05) is 44.2 Å². The summed E-state index contributed by atoms with van der Waals surface area (Å²) in [6, 6.07) is 17.9. The highest BCUT2D eigenvalue weighted by Crippen LogP contribution is 1.98. The molecule has 0 bridgehead atoms. The lowest BCUT2D eigenvalue weighted by molar-refractivity contribution is -0.683. The molecule has 0 saturated carbocycles. The lowest BCUT2D eigenvalue weighted by Crippen LogP contribution is -2.34. The normalized spacial score (nSPS) is 9.54. The van der Waals surface area contributed by atoms with Gasteiger partial charge in [-0.25, -0.2) is 9.13 Å². The fourth-order valence-electron chi connectivity index (χ4n) is 2.36. The van der Waals surface area contributed by atoms with Gasteiger partial charge in [-0.15, -0.1) is 0 Å². The van der Waals surface area contributed by atoms with Gasteiger partial charge >= 0.3 is 5.88 Å². The first-order valence-corrected chi connectivity index (χ1v) is 9.44. The molecule has 0 unspecified atom stereocenters. The molecule has 0 aromatic carbocycles. The van der Waals surface area contributed by atoms with Crippen molar-refractivity contribution >= 4 is 0 Å². The molecule has 0 fully saturated rings. The molecule has 5 heteroatoms. The third kappa shape index (κ3) is 7.84. The first kappa shape index (κ1) is 23.2. The third-order valence-electron chi connectivity index (χ3n) is 4.36. The Morgan fingerprint density at radius 3 is 1.79 bits per heavy atom. The Morgan fingerprint density at radius 2 is 1.36 bits per heavy atom. The molecule has 5 nitrogen and oxygen atoms in total. The van der Waals surface area contributed by atoms with Crippen molar-refractivity contribution in [3.63, 3.8) is 0 Å². The first-order chi connectivity index (χ1) is 13.4. The second kappa shape index (κ2) is 12.6. The number of aliphatic hydroxyl groups is 1. The number of aromatic nitrogens is 3. The van der Waals surface area contributed by atoms with Crippen molar-refractivity contribution < 1.29 is 23.5 Å². The standard InChI is InChI=1S/C8H12NO.C8H12N.C7H10NO/c1-3-10-8-6-4-5-7-9(8)2;1-7-5-4-6-8(2)9(7)3;1-8-5-3-2-4-7(8)6-9/h4-7H,3H2,1-2H3;4-6H,1-3H3;2-5,9H,6H2,1H3/q3*+1. The fraction of sp³-hybridized carbons (Fsp3) is 0.348. The maximum Gasteiger partial charge on any atom is 0.367 e. The van der Waals surface area contributed by atoms with Crippen molar-refractivity contribution in [1.82, 2.24) is 0 Å². The van der Waals surface area contributed by atoms with Crippen LogP contribution in [0.2, 0.25) is 0 Å². The average molecular weight is 385 g/mol. The molecule has 0 aliphatic carbocycles. The van der Waals surface area contributed by atoms with Crippen LogP contribution in [0.3, 0.4) is 0 Å². The van der Waals surface area contributed by atoms with Gasteiger partial charge in [-0.1, -0.05) is 6.07 Å². The summed E-state index contributed by atoms with van der Waals surface area (Å²) < 4.78 is 11.3. The van der Waals surface area contributed by atoms with E-state index in [1.165, 1.54) is 11.4 Å². The smallest absolute Gasteiger partial charge is 0.367 e. The van der Waals surface area contributed by atoms with Gasteiger partial charge in [-0.2, -0.15) is 4.57 Å². The summed E-state index contributed by atoms with van der Waals surface area (Å²) in [5.41, 5.74) is 3.53. The molecule has 3 aromatic rings. The molecule has 28 heavy (non-hydrogen) atoms. The van der Waals surface area contributed by atoms with E-state index in [-0.39, 0.29) is 6.61 Å². The van der Waals surface area contributed by atoms with Crippen molar-refractivity contribution in [2.24, 2.45) is 21.1 Å². The molecule has 0 atom stereocenters. The van der Waals surface area contributed by atoms with Gasteiger partial charge in [0.15, 0.2) is 23.8 Å². The predicted octanol–water partition coefficient (Wildman–Crippen LogP) is 2.04. The lowest BCUT2D eigenvalue weighted by Gasteiger charge is -1.97. The minimum Gasteiger partial charge on any atom is -0.445 e. The molecule has 3 aromatic heterocycles. The van der Waals surface area contributed by atoms with Crippen LogP contribution in [0.4, 0.5) is 0 Å². The zero-order chi connectivity index (χ0) is 20.9. The van der Waals surface area contributed by atoms with Crippen LogP contribution in [-0.2, 0) is 27.7 Å². The molecule has 1 N–H and O–H groups in total. The largest absolute Gasteiger partial charge is 0.445 e. The van der Waals surface area contributed by atoms with E-state index in [2.05, 4.69) is 43.7 Å². The predicted molar refractivity (Wildman–Crippen MR) is 109 cm³/mol. The highest BCUT2D eigenvalue weighted by molar-refractivity contribution is 5.02. The number of nitrogens with zero attached hydrogens (tertiary/aromatic N) is 3. The Kier molecular flexibility index (Phi) is 10.4. The summed E-state index contributed by atoms with van der Waals surface area (Å²) in [5, 5.41) is 8.70. The SMILES string of the molecule is CCOc1cccc[n+]1C.C[n+]1ccccc1CO.Cc1cccc(C)[n+]1C. The van der Waals surface area contributed by atoms with E-state index in [1.54, 1.807) is 0 Å². The molecule has 0 spiro atoms. The molecule has 0 radical (unpaired) electrons. The quantitative estimate of drug-likeness (QED) is 0.702. The van der Waals surface area contributed by atoms with E-state index in [0.29, 0.717) is 0 Å². The van der Waals surface area contributed by atoms with Crippen LogP contribution in [0.1, 0.15) is 24.0 Å². The summed E-state index contributed by atoms with van der Waals surface area (Å²) in [4.78, 5) is 0. The van der Waals surface area contributed by atoms with Crippen molar-refractivity contribution in [2.45, 2.75) is 27.4 Å². The monoisotopic (exact) mass is 384 g/mol. The summed E-state index contributed by atoms with van der Waals surface area (Å²) in [5.74, 6) is 0.907. The molecular weight excluding hydrogens is 350 g/mol. The average Bonchev–Trinajstić information content (AvgIpc) is 2.69. The van der Waals surface area contributed by atoms with Gasteiger partial charge in [0.1, 0.15) is 27.7 Å². The molecule has 3 heterocycles. The van der Waals surface area contributed by atoms with Gasteiger partial charge in [-0.3, -0.25) is 0 Å². The van der Waals surface area contributed by atoms with Gasteiger partial charge < -0.3 is 9.84 Å². The maximum absolute atomic E-state index is 8.70. The number of aliphatic hydroxyl groups excluding tert-OH is 1. The van der Waals surface area contributed by atoms with E-state index in [9.17, 15) is 0 Å². The second-order valence-electron chi connectivity index (χ2n) is 6.41. The minimum absolute atomic E-state index is 0.108. The third-order valence-corrected chi connectivity index (χ3v) is 4.36. The number of rotatable bonds is 3. The first-order valence-electron chi connectivity index (χ1n) is 9.44. The van der Waals surface area contributed by atoms with Crippen LogP contribution < -0.4 is 18.4 Å². The van der Waals surface area contributed by atoms with Crippen LogP contribution in [0.25, 0.3) is 0 Å². The van der Waals surface area contributed by atoms with Crippen molar-refractivity contribution in [1.29, 1.82) is 0 Å². The van der Waals surface area contributed by atoms with Crippen LogP contribution >= 0.6 is 0 Å². The zero-order valence-corrected chi connectivity index (χ0v) is 18.0. The van der Waals surface area contributed by atoms with Crippen LogP contribution in [0.15, 0.2) is 67.0 Å². The molecule has 3 rings (SSSR count). The van der Waals surface area contributed by atoms with Crippen molar-refractivity contribution in [3.8, 4) is 5.88 Å². The Balaban J connectivity index is 0.000000210. The Bertz CT molecular complexity index is 831. The number of aryl methyl sites for hydroxylation is 4. The van der Waals surface area contributed by atoms with E-state index in [4.69, 9.17) is 9.84 Å². The molecule has 0 amide bonds. The minimum atomic E-state index is 0.108.